The summed E-state index contributed by atoms with van der Waals surface area (Å²) in [7, 11) is 1.65. The Bertz CT molecular complexity index is 911. The van der Waals surface area contributed by atoms with Crippen LogP contribution < -0.4 is 14.9 Å². The van der Waals surface area contributed by atoms with E-state index in [2.05, 4.69) is 31.4 Å². The summed E-state index contributed by atoms with van der Waals surface area (Å²) >= 11 is 5.00. The van der Waals surface area contributed by atoms with E-state index in [1.165, 1.54) is 11.3 Å². The fraction of sp³-hybridized carbons (Fsp3) is 0.158. The van der Waals surface area contributed by atoms with Crippen LogP contribution in [0.2, 0.25) is 0 Å². The number of ether oxygens (including phenoxy) is 2. The minimum absolute atomic E-state index is 0.632. The Kier molecular flexibility index (Phi) is 6.25. The van der Waals surface area contributed by atoms with E-state index in [1.807, 2.05) is 54.8 Å². The number of nitrogens with zero attached hydrogens (tertiary/aromatic N) is 2. The van der Waals surface area contributed by atoms with Crippen LogP contribution in [0.4, 0.5) is 5.13 Å². The smallest absolute Gasteiger partial charge is 0.203 e. The third-order valence-electron chi connectivity index (χ3n) is 3.50. The predicted octanol–water partition coefficient (Wildman–Crippen LogP) is 5.43. The van der Waals surface area contributed by atoms with Crippen molar-refractivity contribution in [1.29, 1.82) is 0 Å². The molecule has 0 atom stereocenters. The van der Waals surface area contributed by atoms with Gasteiger partial charge in [-0.15, -0.1) is 11.3 Å². The van der Waals surface area contributed by atoms with Crippen LogP contribution in [0.25, 0.3) is 11.3 Å². The Morgan fingerprint density at radius 1 is 1.27 bits per heavy atom. The monoisotopic (exact) mass is 431 g/mol. The summed E-state index contributed by atoms with van der Waals surface area (Å²) in [6.07, 6.45) is 1.74. The summed E-state index contributed by atoms with van der Waals surface area (Å²) in [5, 5.41) is 6.97. The highest BCUT2D eigenvalue weighted by molar-refractivity contribution is 9.10. The zero-order valence-corrected chi connectivity index (χ0v) is 16.8. The maximum atomic E-state index is 5.50. The van der Waals surface area contributed by atoms with Gasteiger partial charge in [-0.3, -0.25) is 5.43 Å². The Morgan fingerprint density at radius 2 is 2.15 bits per heavy atom. The summed E-state index contributed by atoms with van der Waals surface area (Å²) in [6.45, 7) is 2.59. The second kappa shape index (κ2) is 8.82. The van der Waals surface area contributed by atoms with Crippen molar-refractivity contribution in [2.45, 2.75) is 6.92 Å². The van der Waals surface area contributed by atoms with Crippen molar-refractivity contribution in [2.24, 2.45) is 5.10 Å². The molecule has 3 rings (SSSR count). The molecule has 2 aromatic carbocycles. The van der Waals surface area contributed by atoms with Crippen molar-refractivity contribution in [2.75, 3.05) is 19.1 Å². The summed E-state index contributed by atoms with van der Waals surface area (Å²) in [6, 6.07) is 13.6. The second-order valence-corrected chi connectivity index (χ2v) is 6.98. The van der Waals surface area contributed by atoms with Crippen molar-refractivity contribution in [1.82, 2.24) is 4.98 Å². The topological polar surface area (TPSA) is 55.7 Å². The van der Waals surface area contributed by atoms with Gasteiger partial charge in [0.15, 0.2) is 0 Å². The molecule has 0 aliphatic carbocycles. The zero-order chi connectivity index (χ0) is 18.4. The van der Waals surface area contributed by atoms with E-state index >= 15 is 0 Å². The summed E-state index contributed by atoms with van der Waals surface area (Å²) in [4.78, 5) is 4.55. The Balaban J connectivity index is 1.66. The van der Waals surface area contributed by atoms with Gasteiger partial charge in [-0.05, 0) is 58.7 Å². The molecular formula is C19H18BrN3O2S. The molecule has 7 heteroatoms. The minimum Gasteiger partial charge on any atom is -0.497 e. The van der Waals surface area contributed by atoms with Gasteiger partial charge < -0.3 is 9.47 Å². The van der Waals surface area contributed by atoms with Gasteiger partial charge in [-0.1, -0.05) is 12.1 Å². The predicted molar refractivity (Wildman–Crippen MR) is 111 cm³/mol. The van der Waals surface area contributed by atoms with E-state index in [-0.39, 0.29) is 0 Å². The molecule has 0 amide bonds. The van der Waals surface area contributed by atoms with Crippen molar-refractivity contribution < 1.29 is 9.47 Å². The van der Waals surface area contributed by atoms with Crippen LogP contribution in [0.15, 0.2) is 57.4 Å². The van der Waals surface area contributed by atoms with Gasteiger partial charge in [0.2, 0.25) is 5.13 Å². The second-order valence-electron chi connectivity index (χ2n) is 5.26. The van der Waals surface area contributed by atoms with E-state index < -0.39 is 0 Å². The van der Waals surface area contributed by atoms with Gasteiger partial charge in [0.25, 0.3) is 0 Å². The van der Waals surface area contributed by atoms with E-state index in [4.69, 9.17) is 9.47 Å². The van der Waals surface area contributed by atoms with Crippen LogP contribution in [-0.4, -0.2) is 24.9 Å². The third kappa shape index (κ3) is 4.62. The first-order chi connectivity index (χ1) is 12.7. The molecule has 5 nitrogen and oxygen atoms in total. The molecule has 134 valence electrons. The number of benzene rings is 2. The van der Waals surface area contributed by atoms with Crippen molar-refractivity contribution in [3.63, 3.8) is 0 Å². The molecule has 0 radical (unpaired) electrons. The maximum Gasteiger partial charge on any atom is 0.203 e. The molecule has 0 fully saturated rings. The largest absolute Gasteiger partial charge is 0.497 e. The molecule has 0 aliphatic heterocycles. The summed E-state index contributed by atoms with van der Waals surface area (Å²) in [5.74, 6) is 1.63. The average Bonchev–Trinajstić information content (AvgIpc) is 3.13. The van der Waals surface area contributed by atoms with E-state index in [1.54, 1.807) is 13.3 Å². The number of halogens is 1. The Morgan fingerprint density at radius 3 is 2.92 bits per heavy atom. The van der Waals surface area contributed by atoms with Crippen molar-refractivity contribution in [3.8, 4) is 22.8 Å². The lowest BCUT2D eigenvalue weighted by Crippen LogP contribution is -1.94. The summed E-state index contributed by atoms with van der Waals surface area (Å²) in [5.41, 5.74) is 5.82. The van der Waals surface area contributed by atoms with Crippen molar-refractivity contribution >= 4 is 38.6 Å². The Hall–Kier alpha value is -2.38. The lowest BCUT2D eigenvalue weighted by atomic mass is 10.2. The lowest BCUT2D eigenvalue weighted by molar-refractivity contribution is 0.338. The summed E-state index contributed by atoms with van der Waals surface area (Å²) < 4.78 is 11.7. The van der Waals surface area contributed by atoms with E-state index in [0.717, 1.165) is 37.9 Å². The number of methoxy groups -OCH3 is 1. The first-order valence-electron chi connectivity index (χ1n) is 8.01. The number of nitrogens with one attached hydrogen (secondary N) is 1. The molecule has 1 heterocycles. The van der Waals surface area contributed by atoms with Crippen LogP contribution in [0.3, 0.4) is 0 Å². The number of hydrazone groups is 1. The number of aromatic nitrogens is 1. The highest BCUT2D eigenvalue weighted by Crippen LogP contribution is 2.28. The lowest BCUT2D eigenvalue weighted by Gasteiger charge is -2.05. The van der Waals surface area contributed by atoms with Crippen LogP contribution >= 0.6 is 27.3 Å². The molecule has 26 heavy (non-hydrogen) atoms. The average molecular weight is 432 g/mol. The Labute approximate surface area is 164 Å². The zero-order valence-electron chi connectivity index (χ0n) is 14.4. The number of hydrogen-bond donors (Lipinski definition) is 1. The highest BCUT2D eigenvalue weighted by Gasteiger charge is 2.05. The first-order valence-corrected chi connectivity index (χ1v) is 9.68. The number of thiazole rings is 1. The SMILES string of the molecule is CCOc1ccc(/C=N\Nc2nc(-c3cccc(OC)c3)cs2)cc1Br. The fourth-order valence-electron chi connectivity index (χ4n) is 2.27. The number of anilines is 1. The van der Waals surface area contributed by atoms with Crippen LogP contribution in [0, 0.1) is 0 Å². The molecule has 0 saturated carbocycles. The molecular weight excluding hydrogens is 414 g/mol. The van der Waals surface area contributed by atoms with Crippen LogP contribution in [0.5, 0.6) is 11.5 Å². The van der Waals surface area contributed by atoms with Crippen molar-refractivity contribution in [3.05, 3.63) is 57.9 Å². The van der Waals surface area contributed by atoms with Crippen LogP contribution in [0.1, 0.15) is 12.5 Å². The fourth-order valence-corrected chi connectivity index (χ4v) is 3.45. The highest BCUT2D eigenvalue weighted by atomic mass is 79.9. The standard InChI is InChI=1S/C19H18BrN3O2S/c1-3-25-18-8-7-13(9-16(18)20)11-21-23-19-22-17(12-26-19)14-5-4-6-15(10-14)24-2/h4-12H,3H2,1-2H3,(H,22,23)/b21-11-. The molecule has 3 aromatic rings. The van der Waals surface area contributed by atoms with Crippen LogP contribution in [-0.2, 0) is 0 Å². The first kappa shape index (κ1) is 18.4. The van der Waals surface area contributed by atoms with E-state index in [0.29, 0.717) is 6.61 Å². The molecule has 1 N–H and O–H groups in total. The number of hydrogen-bond acceptors (Lipinski definition) is 6. The number of rotatable bonds is 7. The molecule has 0 aliphatic rings. The maximum absolute atomic E-state index is 5.50. The van der Waals surface area contributed by atoms with E-state index in [9.17, 15) is 0 Å². The van der Waals surface area contributed by atoms with Gasteiger partial charge >= 0.3 is 0 Å². The molecule has 1 aromatic heterocycles. The third-order valence-corrected chi connectivity index (χ3v) is 4.87. The molecule has 0 unspecified atom stereocenters. The van der Waals surface area contributed by atoms with Gasteiger partial charge in [-0.25, -0.2) is 4.98 Å². The van der Waals surface area contributed by atoms with Gasteiger partial charge in [0.05, 0.1) is 30.1 Å². The quantitative estimate of drug-likeness (QED) is 0.400. The normalized spacial score (nSPS) is 10.9. The molecule has 0 saturated heterocycles. The molecule has 0 spiro atoms. The van der Waals surface area contributed by atoms with Gasteiger partial charge in [0.1, 0.15) is 11.5 Å². The minimum atomic E-state index is 0.632. The molecule has 0 bridgehead atoms. The van der Waals surface area contributed by atoms with Gasteiger partial charge in [-0.2, -0.15) is 5.10 Å². The van der Waals surface area contributed by atoms with Gasteiger partial charge in [0, 0.05) is 10.9 Å².